The van der Waals surface area contributed by atoms with Gasteiger partial charge in [-0.25, -0.2) is 0 Å². The van der Waals surface area contributed by atoms with Crippen molar-refractivity contribution < 1.29 is 19.1 Å². The molecule has 94 valence electrons. The first kappa shape index (κ1) is 12.3. The maximum atomic E-state index is 12.1. The second kappa shape index (κ2) is 5.00. The molecule has 0 radical (unpaired) electrons. The number of ketones is 1. The van der Waals surface area contributed by atoms with Crippen molar-refractivity contribution >= 4 is 23.7 Å². The van der Waals surface area contributed by atoms with Gasteiger partial charge in [0, 0.05) is 17.8 Å². The van der Waals surface area contributed by atoms with Gasteiger partial charge in [-0.15, -0.1) is 0 Å². The molecule has 0 bridgehead atoms. The molecule has 1 unspecified atom stereocenters. The van der Waals surface area contributed by atoms with Crippen LogP contribution in [0.1, 0.15) is 17.3 Å². The number of Topliss-reactive ketones (excluding diaryl/α,β-unsaturated/α-hetero) is 1. The number of methoxy groups -OCH3 is 1. The summed E-state index contributed by atoms with van der Waals surface area (Å²) in [6.07, 6.45) is 1.32. The molecule has 0 fully saturated rings. The molecule has 1 aromatic rings. The summed E-state index contributed by atoms with van der Waals surface area (Å²) in [5.74, 6) is -1.17. The molecule has 0 aromatic heterocycles. The Hall–Kier alpha value is -2.17. The minimum atomic E-state index is -0.939. The lowest BCUT2D eigenvalue weighted by molar-refractivity contribution is -0.143. The molecular weight excluding hydrogens is 234 g/mol. The Balaban J connectivity index is 2.32. The number of carbonyl (C=O) groups is 2. The quantitative estimate of drug-likeness (QED) is 0.603. The van der Waals surface area contributed by atoms with Gasteiger partial charge in [-0.1, -0.05) is 0 Å². The third-order valence-electron chi connectivity index (χ3n) is 2.66. The molecule has 5 nitrogen and oxygen atoms in total. The van der Waals surface area contributed by atoms with Crippen LogP contribution in [0.4, 0.5) is 5.69 Å². The summed E-state index contributed by atoms with van der Waals surface area (Å²) >= 11 is 0. The Morgan fingerprint density at radius 2 is 2.22 bits per heavy atom. The van der Waals surface area contributed by atoms with E-state index in [4.69, 9.17) is 9.47 Å². The summed E-state index contributed by atoms with van der Waals surface area (Å²) in [5.41, 5.74) is 0.927. The predicted molar refractivity (Wildman–Crippen MR) is 65.6 cm³/mol. The first-order valence-electron chi connectivity index (χ1n) is 5.60. The number of esters is 1. The zero-order valence-electron chi connectivity index (χ0n) is 10.2. The lowest BCUT2D eigenvalue weighted by Gasteiger charge is -2.16. The molecule has 0 N–H and O–H groups in total. The maximum absolute atomic E-state index is 12.1. The third-order valence-corrected chi connectivity index (χ3v) is 2.66. The van der Waals surface area contributed by atoms with Crippen LogP contribution in [0.3, 0.4) is 0 Å². The van der Waals surface area contributed by atoms with E-state index in [0.29, 0.717) is 17.0 Å². The molecule has 1 aliphatic heterocycles. The second-order valence-electron chi connectivity index (χ2n) is 3.76. The molecule has 0 amide bonds. The van der Waals surface area contributed by atoms with E-state index >= 15 is 0 Å². The molecule has 5 heteroatoms. The minimum Gasteiger partial charge on any atom is -0.497 e. The Labute approximate surface area is 104 Å². The zero-order chi connectivity index (χ0) is 13.1. The molecule has 1 aromatic carbocycles. The van der Waals surface area contributed by atoms with E-state index in [-0.39, 0.29) is 12.4 Å². The van der Waals surface area contributed by atoms with Crippen LogP contribution >= 0.6 is 0 Å². The summed E-state index contributed by atoms with van der Waals surface area (Å²) in [6.45, 7) is 1.94. The van der Waals surface area contributed by atoms with Crippen molar-refractivity contribution in [1.29, 1.82) is 0 Å². The molecule has 1 heterocycles. The Bertz CT molecular complexity index is 522. The van der Waals surface area contributed by atoms with Gasteiger partial charge in [0.1, 0.15) is 5.75 Å². The lowest BCUT2D eigenvalue weighted by atomic mass is 9.94. The first-order valence-corrected chi connectivity index (χ1v) is 5.60. The van der Waals surface area contributed by atoms with Gasteiger partial charge in [0.25, 0.3) is 0 Å². The molecule has 0 spiro atoms. The van der Waals surface area contributed by atoms with Gasteiger partial charge in [-0.2, -0.15) is 0 Å². The van der Waals surface area contributed by atoms with E-state index in [0.717, 1.165) is 0 Å². The third kappa shape index (κ3) is 2.11. The van der Waals surface area contributed by atoms with Crippen molar-refractivity contribution in [2.24, 2.45) is 10.9 Å². The van der Waals surface area contributed by atoms with E-state index in [1.165, 1.54) is 13.3 Å². The molecule has 1 atom stereocenters. The summed E-state index contributed by atoms with van der Waals surface area (Å²) in [5, 5.41) is 0. The van der Waals surface area contributed by atoms with E-state index < -0.39 is 11.9 Å². The summed E-state index contributed by atoms with van der Waals surface area (Å²) < 4.78 is 9.89. The van der Waals surface area contributed by atoms with E-state index in [1.807, 2.05) is 0 Å². The van der Waals surface area contributed by atoms with Crippen LogP contribution in [-0.2, 0) is 9.53 Å². The lowest BCUT2D eigenvalue weighted by Crippen LogP contribution is -2.29. The Kier molecular flexibility index (Phi) is 3.41. The summed E-state index contributed by atoms with van der Waals surface area (Å²) in [6, 6.07) is 4.93. The minimum absolute atomic E-state index is 0.242. The number of hydrogen-bond donors (Lipinski definition) is 0. The topological polar surface area (TPSA) is 65.0 Å². The molecule has 2 rings (SSSR count). The average Bonchev–Trinajstić information content (AvgIpc) is 2.38. The smallest absolute Gasteiger partial charge is 0.322 e. The normalized spacial score (nSPS) is 17.2. The number of nitrogens with zero attached hydrogens (tertiary/aromatic N) is 1. The van der Waals surface area contributed by atoms with Gasteiger partial charge < -0.3 is 9.47 Å². The van der Waals surface area contributed by atoms with Crippen LogP contribution in [0.5, 0.6) is 5.75 Å². The number of carbonyl (C=O) groups excluding carboxylic acids is 2. The average molecular weight is 247 g/mol. The van der Waals surface area contributed by atoms with Crippen LogP contribution < -0.4 is 4.74 Å². The fraction of sp³-hybridized carbons (Fsp3) is 0.308. The van der Waals surface area contributed by atoms with Crippen molar-refractivity contribution in [3.8, 4) is 5.75 Å². The van der Waals surface area contributed by atoms with Gasteiger partial charge in [0.2, 0.25) is 0 Å². The van der Waals surface area contributed by atoms with Crippen LogP contribution in [0.25, 0.3) is 0 Å². The zero-order valence-corrected chi connectivity index (χ0v) is 10.2. The molecule has 18 heavy (non-hydrogen) atoms. The van der Waals surface area contributed by atoms with Gasteiger partial charge in [0.15, 0.2) is 11.7 Å². The molecule has 1 aliphatic rings. The summed E-state index contributed by atoms with van der Waals surface area (Å²) in [7, 11) is 1.54. The highest BCUT2D eigenvalue weighted by Crippen LogP contribution is 2.30. The molecule has 0 saturated heterocycles. The standard InChI is InChI=1S/C13H13NO4/c1-3-18-13(16)10-7-14-11-6-8(17-2)4-5-9(11)12(10)15/h4-7,10H,3H2,1-2H3. The number of rotatable bonds is 3. The van der Waals surface area contributed by atoms with Gasteiger partial charge in [-0.3, -0.25) is 14.6 Å². The molecule has 0 saturated carbocycles. The van der Waals surface area contributed by atoms with Crippen molar-refractivity contribution in [2.75, 3.05) is 13.7 Å². The highest BCUT2D eigenvalue weighted by atomic mass is 16.5. The Morgan fingerprint density at radius 3 is 2.89 bits per heavy atom. The van der Waals surface area contributed by atoms with Gasteiger partial charge in [-0.05, 0) is 19.1 Å². The molecular formula is C13H13NO4. The maximum Gasteiger partial charge on any atom is 0.322 e. The number of aliphatic imine (C=N–C) groups is 1. The predicted octanol–water partition coefficient (Wildman–Crippen LogP) is 1.77. The number of fused-ring (bicyclic) bond motifs is 1. The van der Waals surface area contributed by atoms with Crippen molar-refractivity contribution in [3.05, 3.63) is 23.8 Å². The number of ether oxygens (including phenoxy) is 2. The molecule has 0 aliphatic carbocycles. The van der Waals surface area contributed by atoms with E-state index in [1.54, 1.807) is 25.1 Å². The van der Waals surface area contributed by atoms with Crippen molar-refractivity contribution in [3.63, 3.8) is 0 Å². The largest absolute Gasteiger partial charge is 0.497 e. The number of benzene rings is 1. The van der Waals surface area contributed by atoms with E-state index in [2.05, 4.69) is 4.99 Å². The Morgan fingerprint density at radius 1 is 1.44 bits per heavy atom. The van der Waals surface area contributed by atoms with Crippen LogP contribution in [0.15, 0.2) is 23.2 Å². The van der Waals surface area contributed by atoms with Crippen molar-refractivity contribution in [2.45, 2.75) is 6.92 Å². The van der Waals surface area contributed by atoms with Crippen molar-refractivity contribution in [1.82, 2.24) is 0 Å². The SMILES string of the molecule is CCOC(=O)C1C=Nc2cc(OC)ccc2C1=O. The highest BCUT2D eigenvalue weighted by Gasteiger charge is 2.31. The van der Waals surface area contributed by atoms with Gasteiger partial charge >= 0.3 is 5.97 Å². The summed E-state index contributed by atoms with van der Waals surface area (Å²) in [4.78, 5) is 27.8. The first-order chi connectivity index (χ1) is 8.67. The van der Waals surface area contributed by atoms with Crippen LogP contribution in [0, 0.1) is 5.92 Å². The highest BCUT2D eigenvalue weighted by molar-refractivity contribution is 6.22. The van der Waals surface area contributed by atoms with E-state index in [9.17, 15) is 9.59 Å². The fourth-order valence-electron chi connectivity index (χ4n) is 1.74. The number of hydrogen-bond acceptors (Lipinski definition) is 5. The van der Waals surface area contributed by atoms with Crippen LogP contribution in [-0.4, -0.2) is 31.7 Å². The second-order valence-corrected chi connectivity index (χ2v) is 3.76. The monoisotopic (exact) mass is 247 g/mol. The fourth-order valence-corrected chi connectivity index (χ4v) is 1.74. The van der Waals surface area contributed by atoms with Crippen LogP contribution in [0.2, 0.25) is 0 Å². The van der Waals surface area contributed by atoms with Gasteiger partial charge in [0.05, 0.1) is 19.4 Å².